The molecular formula is C32H41N15O16P2. The zero-order chi connectivity index (χ0) is 45.9. The summed E-state index contributed by atoms with van der Waals surface area (Å²) in [6.07, 6.45) is -9.27. The second-order valence-electron chi connectivity index (χ2n) is 14.7. The number of anilines is 3. The summed E-state index contributed by atoms with van der Waals surface area (Å²) in [6.45, 7) is -2.15. The molecule has 0 aromatic carbocycles. The maximum Gasteiger partial charge on any atom is 0.472 e. The van der Waals surface area contributed by atoms with Crippen LogP contribution in [0.3, 0.4) is 0 Å². The number of ether oxygens (including phenoxy) is 5. The standard InChI is InChI=1S/C32H41N15O16P2/c1-55-20-12(3-48)59-31(46-10-43-16-25(34)37-7-40-28(16)46)22(20)62-65(53,54)58-5-14-21(56-2)23(32(61-14)47-11-44-17-26(35)38-8-41-29(17)47)63-64(51,52)57-4-13-18(49)19(50)30(60-13)45-9-42-15-24(33)36-6-39-27(15)45/h6-14,18-23,30-32,48-50H,3-5H2,1-2H3,(H,51,52)(H,53,54)(H2,33,36,39)(H2,34,37,40)(H2,35,38,41)/t12-,13-,14-,18-,19-,20-,21-,22-,23-,30-,31-,32-/m1/s1. The van der Waals surface area contributed by atoms with Gasteiger partial charge in [0.15, 0.2) is 53.1 Å². The lowest BCUT2D eigenvalue weighted by molar-refractivity contribution is -0.0651. The third-order valence-corrected chi connectivity index (χ3v) is 12.9. The van der Waals surface area contributed by atoms with Crippen molar-refractivity contribution in [2.45, 2.75) is 73.6 Å². The molecule has 6 aromatic heterocycles. The van der Waals surface area contributed by atoms with Crippen LogP contribution in [0.5, 0.6) is 0 Å². The van der Waals surface area contributed by atoms with E-state index in [0.29, 0.717) is 0 Å². The molecule has 11 N–H and O–H groups in total. The average Bonchev–Trinajstić information content (AvgIpc) is 4.14. The molecule has 3 saturated heterocycles. The number of rotatable bonds is 16. The van der Waals surface area contributed by atoms with Crippen molar-refractivity contribution in [1.29, 1.82) is 0 Å². The molecule has 31 nitrogen and oxygen atoms in total. The minimum atomic E-state index is -5.22. The van der Waals surface area contributed by atoms with E-state index in [1.807, 2.05) is 0 Å². The predicted molar refractivity (Wildman–Crippen MR) is 213 cm³/mol. The van der Waals surface area contributed by atoms with Crippen LogP contribution in [0.15, 0.2) is 38.0 Å². The van der Waals surface area contributed by atoms with Crippen LogP contribution < -0.4 is 17.2 Å². The van der Waals surface area contributed by atoms with Gasteiger partial charge < -0.3 is 66.0 Å². The quantitative estimate of drug-likeness (QED) is 0.0473. The average molecular weight is 954 g/mol. The number of hydrogen-bond donors (Lipinski definition) is 8. The fourth-order valence-electron chi connectivity index (χ4n) is 7.91. The zero-order valence-electron chi connectivity index (χ0n) is 33.7. The summed E-state index contributed by atoms with van der Waals surface area (Å²) in [6, 6.07) is 0. The van der Waals surface area contributed by atoms with Crippen molar-refractivity contribution in [3.05, 3.63) is 38.0 Å². The number of phosphoric acid groups is 2. The summed E-state index contributed by atoms with van der Waals surface area (Å²) in [5.74, 6) is 0.0983. The second-order valence-corrected chi connectivity index (χ2v) is 17.5. The van der Waals surface area contributed by atoms with Crippen molar-refractivity contribution in [2.75, 3.05) is 51.2 Å². The number of aliphatic hydroxyl groups is 3. The van der Waals surface area contributed by atoms with Gasteiger partial charge in [-0.15, -0.1) is 0 Å². The first-order chi connectivity index (χ1) is 31.1. The molecule has 0 spiro atoms. The Morgan fingerprint density at radius 2 is 0.954 bits per heavy atom. The number of hydrogen-bond acceptors (Lipinski definition) is 26. The number of phosphoric ester groups is 2. The summed E-state index contributed by atoms with van der Waals surface area (Å²) in [5, 5.41) is 31.9. The highest BCUT2D eigenvalue weighted by atomic mass is 31.2. The molecule has 9 rings (SSSR count). The summed E-state index contributed by atoms with van der Waals surface area (Å²) >= 11 is 0. The lowest BCUT2D eigenvalue weighted by atomic mass is 10.1. The summed E-state index contributed by atoms with van der Waals surface area (Å²) in [4.78, 5) is 59.2. The van der Waals surface area contributed by atoms with Crippen molar-refractivity contribution in [2.24, 2.45) is 0 Å². The van der Waals surface area contributed by atoms with Crippen LogP contribution in [0.2, 0.25) is 0 Å². The van der Waals surface area contributed by atoms with E-state index in [1.165, 1.54) is 59.6 Å². The van der Waals surface area contributed by atoms with Gasteiger partial charge in [-0.25, -0.2) is 54.0 Å². The van der Waals surface area contributed by atoms with E-state index in [1.54, 1.807) is 0 Å². The van der Waals surface area contributed by atoms with Gasteiger partial charge in [-0.2, -0.15) is 0 Å². The predicted octanol–water partition coefficient (Wildman–Crippen LogP) is -2.31. The molecule has 0 bridgehead atoms. The van der Waals surface area contributed by atoms with Gasteiger partial charge in [-0.05, 0) is 0 Å². The molecule has 3 aliphatic rings. The Morgan fingerprint density at radius 3 is 1.38 bits per heavy atom. The maximum atomic E-state index is 13.8. The monoisotopic (exact) mass is 953 g/mol. The smallest absolute Gasteiger partial charge is 0.394 e. The van der Waals surface area contributed by atoms with Crippen LogP contribution in [0, 0.1) is 0 Å². The Morgan fingerprint density at radius 1 is 0.569 bits per heavy atom. The maximum absolute atomic E-state index is 13.8. The van der Waals surface area contributed by atoms with E-state index in [0.717, 1.165) is 6.33 Å². The Kier molecular flexibility index (Phi) is 12.2. The molecule has 6 aromatic rings. The van der Waals surface area contributed by atoms with Crippen LogP contribution in [0.25, 0.3) is 33.5 Å². The number of aromatic nitrogens is 12. The van der Waals surface area contributed by atoms with Gasteiger partial charge in [0.2, 0.25) is 0 Å². The third kappa shape index (κ3) is 8.28. The Bertz CT molecular complexity index is 2780. The normalized spacial score (nSPS) is 31.3. The van der Waals surface area contributed by atoms with Crippen LogP contribution in [-0.2, 0) is 50.9 Å². The minimum Gasteiger partial charge on any atom is -0.394 e. The highest BCUT2D eigenvalue weighted by molar-refractivity contribution is 7.47. The van der Waals surface area contributed by atoms with E-state index < -0.39 is 109 Å². The van der Waals surface area contributed by atoms with Crippen molar-refractivity contribution >= 4 is 66.6 Å². The molecule has 2 unspecified atom stereocenters. The van der Waals surface area contributed by atoms with E-state index in [2.05, 4.69) is 44.9 Å². The lowest BCUT2D eigenvalue weighted by Crippen LogP contribution is -2.38. The SMILES string of the molecule is CO[C@H]1[C@@H](OP(=O)(O)OC[C@H]2O[C@@H](n3cnc4c(N)ncnc43)[C@H](OP(=O)(O)OC[C@H]3O[C@@H](n4cnc5c(N)ncnc54)[C@H](O)[C@@H]3O)[C@@H]2OC)[C@H](n2cnc3c(N)ncnc32)O[C@@H]1CO. The van der Waals surface area contributed by atoms with Gasteiger partial charge in [0.1, 0.15) is 90.5 Å². The molecule has 3 fully saturated rings. The number of nitrogens with zero attached hydrogens (tertiary/aromatic N) is 12. The van der Waals surface area contributed by atoms with Crippen molar-refractivity contribution in [3.63, 3.8) is 0 Å². The van der Waals surface area contributed by atoms with Gasteiger partial charge in [0.25, 0.3) is 0 Å². The molecule has 3 aliphatic heterocycles. The van der Waals surface area contributed by atoms with Gasteiger partial charge in [-0.1, -0.05) is 0 Å². The summed E-state index contributed by atoms with van der Waals surface area (Å²) in [7, 11) is -7.89. The van der Waals surface area contributed by atoms with E-state index in [9.17, 15) is 34.2 Å². The largest absolute Gasteiger partial charge is 0.472 e. The highest BCUT2D eigenvalue weighted by Gasteiger charge is 2.54. The van der Waals surface area contributed by atoms with Crippen molar-refractivity contribution < 1.29 is 76.0 Å². The number of methoxy groups -OCH3 is 2. The number of fused-ring (bicyclic) bond motifs is 3. The first-order valence-corrected chi connectivity index (χ1v) is 22.2. The van der Waals surface area contributed by atoms with Crippen LogP contribution in [-0.4, -0.2) is 173 Å². The molecular weight excluding hydrogens is 912 g/mol. The molecule has 9 heterocycles. The number of aliphatic hydroxyl groups excluding tert-OH is 3. The fourth-order valence-corrected chi connectivity index (χ4v) is 9.77. The molecule has 350 valence electrons. The first-order valence-electron chi connectivity index (χ1n) is 19.2. The molecule has 0 amide bonds. The van der Waals surface area contributed by atoms with E-state index >= 15 is 0 Å². The van der Waals surface area contributed by atoms with E-state index in [4.69, 9.17) is 59.0 Å². The number of nitrogen functional groups attached to an aromatic ring is 3. The van der Waals surface area contributed by atoms with Gasteiger partial charge in [0.05, 0.1) is 38.8 Å². The molecule has 14 atom stereocenters. The van der Waals surface area contributed by atoms with Crippen LogP contribution >= 0.6 is 15.6 Å². The topological polar surface area (TPSA) is 427 Å². The minimum absolute atomic E-state index is 0.0104. The van der Waals surface area contributed by atoms with Gasteiger partial charge in [-0.3, -0.25) is 31.8 Å². The first kappa shape index (κ1) is 45.1. The summed E-state index contributed by atoms with van der Waals surface area (Å²) < 4.78 is 82.9. The Hall–Kier alpha value is -5.05. The molecule has 0 aliphatic carbocycles. The van der Waals surface area contributed by atoms with Crippen molar-refractivity contribution in [3.8, 4) is 0 Å². The van der Waals surface area contributed by atoms with Crippen LogP contribution in [0.1, 0.15) is 18.7 Å². The fraction of sp³-hybridized carbons (Fsp3) is 0.531. The zero-order valence-corrected chi connectivity index (χ0v) is 35.5. The number of nitrogens with two attached hydrogens (primary N) is 3. The van der Waals surface area contributed by atoms with Gasteiger partial charge >= 0.3 is 15.6 Å². The second kappa shape index (κ2) is 17.6. The summed E-state index contributed by atoms with van der Waals surface area (Å²) in [5.41, 5.74) is 18.8. The van der Waals surface area contributed by atoms with Crippen LogP contribution in [0.4, 0.5) is 17.5 Å². The molecule has 0 saturated carbocycles. The van der Waals surface area contributed by atoms with E-state index in [-0.39, 0.29) is 50.9 Å². The number of imidazole rings is 3. The Labute approximate surface area is 363 Å². The Balaban J connectivity index is 0.934. The lowest BCUT2D eigenvalue weighted by Gasteiger charge is -2.27. The van der Waals surface area contributed by atoms with Gasteiger partial charge in [0, 0.05) is 14.2 Å². The highest BCUT2D eigenvalue weighted by Crippen LogP contribution is 2.53. The molecule has 33 heteroatoms. The van der Waals surface area contributed by atoms with Crippen molar-refractivity contribution in [1.82, 2.24) is 58.6 Å². The molecule has 0 radical (unpaired) electrons. The third-order valence-electron chi connectivity index (χ3n) is 10.9. The molecule has 65 heavy (non-hydrogen) atoms.